The van der Waals surface area contributed by atoms with Gasteiger partial charge in [-0.15, -0.1) is 0 Å². The highest BCUT2D eigenvalue weighted by molar-refractivity contribution is 7.92. The van der Waals surface area contributed by atoms with Crippen LogP contribution in [0.5, 0.6) is 11.5 Å². The molecule has 33 heavy (non-hydrogen) atoms. The van der Waals surface area contributed by atoms with Gasteiger partial charge >= 0.3 is 0 Å². The van der Waals surface area contributed by atoms with E-state index in [-0.39, 0.29) is 36.2 Å². The van der Waals surface area contributed by atoms with Gasteiger partial charge in [0.2, 0.25) is 0 Å². The number of halogens is 2. The lowest BCUT2D eigenvalue weighted by atomic mass is 10.2. The molecule has 1 amide bonds. The molecule has 172 valence electrons. The summed E-state index contributed by atoms with van der Waals surface area (Å²) in [6.45, 7) is 0.0990. The molecule has 1 aliphatic rings. The Hall–Kier alpha value is -3.30. The zero-order chi connectivity index (χ0) is 23.4. The van der Waals surface area contributed by atoms with Crippen LogP contribution < -0.4 is 19.1 Å². The molecule has 0 saturated heterocycles. The number of sulfonamides is 1. The Morgan fingerprint density at radius 2 is 1.79 bits per heavy atom. The zero-order valence-electron chi connectivity index (χ0n) is 17.3. The molecule has 7 nitrogen and oxygen atoms in total. The van der Waals surface area contributed by atoms with Crippen molar-refractivity contribution in [3.8, 4) is 11.5 Å². The molecule has 0 saturated carbocycles. The average Bonchev–Trinajstić information content (AvgIpc) is 2.82. The van der Waals surface area contributed by atoms with E-state index in [1.54, 1.807) is 24.3 Å². The molecule has 1 aliphatic heterocycles. The van der Waals surface area contributed by atoms with Gasteiger partial charge in [-0.25, -0.2) is 12.8 Å². The minimum atomic E-state index is -3.96. The van der Waals surface area contributed by atoms with Crippen LogP contribution in [0.2, 0.25) is 5.02 Å². The standard InChI is InChI=1S/C23H20ClFN2O5S/c24-16-5-11-19(12-6-16)33(29,30)27-15-22(32-21-4-2-1-3-20(21)27)23(28)26-13-14-31-18-9-7-17(25)8-10-18/h1-12,22H,13-15H2,(H,26,28). The molecule has 0 aromatic heterocycles. The van der Waals surface area contributed by atoms with E-state index in [4.69, 9.17) is 21.1 Å². The van der Waals surface area contributed by atoms with Crippen LogP contribution in [0, 0.1) is 5.82 Å². The van der Waals surface area contributed by atoms with E-state index in [2.05, 4.69) is 5.32 Å². The van der Waals surface area contributed by atoms with Crippen LogP contribution in [0.25, 0.3) is 0 Å². The number of para-hydroxylation sites is 2. The zero-order valence-corrected chi connectivity index (χ0v) is 18.9. The Morgan fingerprint density at radius 3 is 2.52 bits per heavy atom. The van der Waals surface area contributed by atoms with Crippen LogP contribution in [-0.4, -0.2) is 40.1 Å². The van der Waals surface area contributed by atoms with E-state index in [1.165, 1.54) is 48.5 Å². The summed E-state index contributed by atoms with van der Waals surface area (Å²) < 4.78 is 52.0. The summed E-state index contributed by atoms with van der Waals surface area (Å²) in [6.07, 6.45) is -1.06. The second-order valence-electron chi connectivity index (χ2n) is 7.16. The number of ether oxygens (including phenoxy) is 2. The fraction of sp³-hybridized carbons (Fsp3) is 0.174. The lowest BCUT2D eigenvalue weighted by Crippen LogP contribution is -2.51. The molecule has 1 atom stereocenters. The van der Waals surface area contributed by atoms with Gasteiger partial charge in [-0.1, -0.05) is 23.7 Å². The molecule has 0 fully saturated rings. The Bertz CT molecular complexity index is 1240. The van der Waals surface area contributed by atoms with Crippen molar-refractivity contribution in [2.75, 3.05) is 24.0 Å². The van der Waals surface area contributed by atoms with Gasteiger partial charge in [0.25, 0.3) is 15.9 Å². The average molecular weight is 491 g/mol. The van der Waals surface area contributed by atoms with E-state index in [0.717, 1.165) is 4.31 Å². The molecule has 0 aliphatic carbocycles. The van der Waals surface area contributed by atoms with Gasteiger partial charge in [-0.2, -0.15) is 0 Å². The summed E-state index contributed by atoms with van der Waals surface area (Å²) in [7, 11) is -3.96. The van der Waals surface area contributed by atoms with Crippen molar-refractivity contribution in [3.63, 3.8) is 0 Å². The lowest BCUT2D eigenvalue weighted by Gasteiger charge is -2.34. The number of hydrogen-bond donors (Lipinski definition) is 1. The Balaban J connectivity index is 1.46. The topological polar surface area (TPSA) is 84.9 Å². The summed E-state index contributed by atoms with van der Waals surface area (Å²) in [5.41, 5.74) is 0.344. The third kappa shape index (κ3) is 5.20. The van der Waals surface area contributed by atoms with Crippen molar-refractivity contribution in [2.45, 2.75) is 11.0 Å². The molecule has 10 heteroatoms. The van der Waals surface area contributed by atoms with Gasteiger partial charge in [0.15, 0.2) is 6.10 Å². The highest BCUT2D eigenvalue weighted by Gasteiger charge is 2.37. The van der Waals surface area contributed by atoms with E-state index in [0.29, 0.717) is 16.5 Å². The molecule has 1 unspecified atom stereocenters. The highest BCUT2D eigenvalue weighted by Crippen LogP contribution is 2.36. The number of amides is 1. The maximum Gasteiger partial charge on any atom is 0.264 e. The third-order valence-corrected chi connectivity index (χ3v) is 6.96. The summed E-state index contributed by atoms with van der Waals surface area (Å²) in [6, 6.07) is 17.9. The van der Waals surface area contributed by atoms with Crippen molar-refractivity contribution >= 4 is 33.2 Å². The predicted molar refractivity (Wildman–Crippen MR) is 122 cm³/mol. The number of anilines is 1. The normalized spacial score (nSPS) is 15.3. The molecule has 0 bridgehead atoms. The summed E-state index contributed by atoms with van der Waals surface area (Å²) in [5, 5.41) is 3.10. The van der Waals surface area contributed by atoms with Gasteiger partial charge in [-0.05, 0) is 60.7 Å². The number of carbonyl (C=O) groups excluding carboxylic acids is 1. The predicted octanol–water partition coefficient (Wildman–Crippen LogP) is 3.63. The van der Waals surface area contributed by atoms with Crippen molar-refractivity contribution in [1.29, 1.82) is 0 Å². The molecule has 4 rings (SSSR count). The molecule has 1 heterocycles. The first-order valence-electron chi connectivity index (χ1n) is 10.0. The molecule has 0 radical (unpaired) electrons. The number of carbonyl (C=O) groups is 1. The number of fused-ring (bicyclic) bond motifs is 1. The minimum Gasteiger partial charge on any atom is -0.492 e. The lowest BCUT2D eigenvalue weighted by molar-refractivity contribution is -0.127. The molecular weight excluding hydrogens is 471 g/mol. The second kappa shape index (κ2) is 9.68. The van der Waals surface area contributed by atoms with Gasteiger partial charge in [-0.3, -0.25) is 9.10 Å². The third-order valence-electron chi connectivity index (χ3n) is 4.91. The smallest absolute Gasteiger partial charge is 0.264 e. The second-order valence-corrected chi connectivity index (χ2v) is 9.46. The highest BCUT2D eigenvalue weighted by atomic mass is 35.5. The van der Waals surface area contributed by atoms with Crippen LogP contribution in [0.3, 0.4) is 0 Å². The van der Waals surface area contributed by atoms with Crippen molar-refractivity contribution in [2.24, 2.45) is 0 Å². The number of nitrogens with one attached hydrogen (secondary N) is 1. The Kier molecular flexibility index (Phi) is 6.71. The van der Waals surface area contributed by atoms with Crippen LogP contribution in [0.4, 0.5) is 10.1 Å². The largest absolute Gasteiger partial charge is 0.492 e. The number of nitrogens with zero attached hydrogens (tertiary/aromatic N) is 1. The Morgan fingerprint density at radius 1 is 1.09 bits per heavy atom. The van der Waals surface area contributed by atoms with Crippen LogP contribution in [0.1, 0.15) is 0 Å². The summed E-state index contributed by atoms with van der Waals surface area (Å²) in [4.78, 5) is 12.8. The maximum atomic E-state index is 13.3. The molecule has 0 spiro atoms. The van der Waals surface area contributed by atoms with E-state index in [1.807, 2.05) is 0 Å². The summed E-state index contributed by atoms with van der Waals surface area (Å²) in [5.74, 6) is -0.107. The monoisotopic (exact) mass is 490 g/mol. The first kappa shape index (κ1) is 22.9. The van der Waals surface area contributed by atoms with Crippen LogP contribution >= 0.6 is 11.6 Å². The van der Waals surface area contributed by atoms with Crippen molar-refractivity contribution < 1.29 is 27.1 Å². The van der Waals surface area contributed by atoms with Gasteiger partial charge < -0.3 is 14.8 Å². The first-order valence-corrected chi connectivity index (χ1v) is 11.9. The van der Waals surface area contributed by atoms with Crippen LogP contribution in [0.15, 0.2) is 77.7 Å². The SMILES string of the molecule is O=C(NCCOc1ccc(F)cc1)C1CN(S(=O)(=O)c2ccc(Cl)cc2)c2ccccc2O1. The van der Waals surface area contributed by atoms with Crippen molar-refractivity contribution in [1.82, 2.24) is 5.32 Å². The first-order chi connectivity index (χ1) is 15.8. The van der Waals surface area contributed by atoms with Gasteiger partial charge in [0.1, 0.15) is 23.9 Å². The van der Waals surface area contributed by atoms with Crippen molar-refractivity contribution in [3.05, 3.63) is 83.6 Å². The minimum absolute atomic E-state index is 0.0514. The molecule has 3 aromatic rings. The number of benzene rings is 3. The quantitative estimate of drug-likeness (QED) is 0.511. The fourth-order valence-corrected chi connectivity index (χ4v) is 4.89. The summed E-state index contributed by atoms with van der Waals surface area (Å²) >= 11 is 5.89. The maximum absolute atomic E-state index is 13.3. The number of rotatable bonds is 7. The van der Waals surface area contributed by atoms with Gasteiger partial charge in [0, 0.05) is 5.02 Å². The van der Waals surface area contributed by atoms with E-state index in [9.17, 15) is 17.6 Å². The van der Waals surface area contributed by atoms with E-state index >= 15 is 0 Å². The molecular formula is C23H20ClFN2O5S. The Labute approximate surface area is 195 Å². The van der Waals surface area contributed by atoms with Gasteiger partial charge in [0.05, 0.1) is 23.7 Å². The van der Waals surface area contributed by atoms with Crippen LogP contribution in [-0.2, 0) is 14.8 Å². The fourth-order valence-electron chi connectivity index (χ4n) is 3.29. The molecule has 3 aromatic carbocycles. The number of hydrogen-bond acceptors (Lipinski definition) is 5. The molecule has 1 N–H and O–H groups in total. The van der Waals surface area contributed by atoms with E-state index < -0.39 is 22.0 Å².